The molecule has 7 rings (SSSR count). The highest BCUT2D eigenvalue weighted by molar-refractivity contribution is 7.90. The van der Waals surface area contributed by atoms with Crippen molar-refractivity contribution in [1.82, 2.24) is 29.4 Å². The zero-order chi connectivity index (χ0) is 30.8. The number of ether oxygens (including phenoxy) is 1. The Kier molecular flexibility index (Phi) is 7.31. The molecule has 4 atom stereocenters. The van der Waals surface area contributed by atoms with Crippen molar-refractivity contribution in [3.63, 3.8) is 0 Å². The van der Waals surface area contributed by atoms with E-state index in [0.717, 1.165) is 36.1 Å². The number of fused-ring (bicyclic) bond motifs is 1. The molecule has 3 fully saturated rings. The molecule has 44 heavy (non-hydrogen) atoms. The van der Waals surface area contributed by atoms with Crippen LogP contribution in [0.5, 0.6) is 5.88 Å². The molecule has 1 aliphatic heterocycles. The van der Waals surface area contributed by atoms with Gasteiger partial charge in [0.2, 0.25) is 5.88 Å². The fourth-order valence-electron chi connectivity index (χ4n) is 6.17. The van der Waals surface area contributed by atoms with Crippen LogP contribution in [0.4, 0.5) is 4.39 Å². The van der Waals surface area contributed by atoms with Crippen LogP contribution < -0.4 is 9.46 Å². The first kappa shape index (κ1) is 29.4. The summed E-state index contributed by atoms with van der Waals surface area (Å²) < 4.78 is 38.1. The van der Waals surface area contributed by atoms with Crippen LogP contribution in [0.15, 0.2) is 53.4 Å². The molecule has 0 radical (unpaired) electrons. The Labute approximate surface area is 263 Å². The number of carbonyl (C=O) groups excluding carboxylic acids is 1. The molecule has 0 bridgehead atoms. The number of nitrogens with zero attached hydrogens (tertiary/aromatic N) is 5. The average Bonchev–Trinajstić information content (AvgIpc) is 3.47. The summed E-state index contributed by atoms with van der Waals surface area (Å²) in [5.41, 5.74) is 5.74. The molecule has 2 saturated carbocycles. The van der Waals surface area contributed by atoms with E-state index < -0.39 is 21.6 Å². The van der Waals surface area contributed by atoms with E-state index in [9.17, 15) is 13.7 Å². The van der Waals surface area contributed by atoms with E-state index in [4.69, 9.17) is 9.72 Å². The topological polar surface area (TPSA) is 108 Å². The number of piperidine rings is 1. The fourth-order valence-corrected chi connectivity index (χ4v) is 7.70. The molecule has 230 valence electrons. The number of halogens is 1. The maximum atomic E-state index is 13.7. The summed E-state index contributed by atoms with van der Waals surface area (Å²) in [4.78, 5) is 24.4. The Hall–Kier alpha value is -3.32. The molecule has 0 spiro atoms. The molecule has 4 heterocycles. The summed E-state index contributed by atoms with van der Waals surface area (Å²) in [7, 11) is 1.78. The number of rotatable bonds is 8. The Morgan fingerprint density at radius 1 is 1.11 bits per heavy atom. The predicted octanol–water partition coefficient (Wildman–Crippen LogP) is 5.33. The second kappa shape index (κ2) is 10.9. The van der Waals surface area contributed by atoms with Gasteiger partial charge in [0.05, 0.1) is 16.7 Å². The van der Waals surface area contributed by atoms with Gasteiger partial charge in [-0.2, -0.15) is 5.10 Å². The second-order valence-corrected chi connectivity index (χ2v) is 15.7. The number of thiazole rings is 1. The first-order valence-electron chi connectivity index (χ1n) is 14.9. The number of amides is 1. The molecule has 3 aliphatic rings. The average molecular weight is 635 g/mol. The van der Waals surface area contributed by atoms with Crippen molar-refractivity contribution < 1.29 is 18.5 Å². The normalized spacial score (nSPS) is 22.8. The van der Waals surface area contributed by atoms with E-state index in [1.807, 2.05) is 43.2 Å². The van der Waals surface area contributed by atoms with Crippen molar-refractivity contribution in [3.05, 3.63) is 70.4 Å². The van der Waals surface area contributed by atoms with Gasteiger partial charge in [-0.05, 0) is 82.0 Å². The lowest BCUT2D eigenvalue weighted by Gasteiger charge is -2.44. The van der Waals surface area contributed by atoms with E-state index in [1.54, 1.807) is 35.4 Å². The lowest BCUT2D eigenvalue weighted by atomic mass is 9.72. The first-order chi connectivity index (χ1) is 21.0. The van der Waals surface area contributed by atoms with Gasteiger partial charge in [-0.15, -0.1) is 16.1 Å². The third-order valence-corrected chi connectivity index (χ3v) is 11.3. The van der Waals surface area contributed by atoms with E-state index in [2.05, 4.69) is 14.8 Å². The van der Waals surface area contributed by atoms with Gasteiger partial charge < -0.3 is 14.2 Å². The smallest absolute Gasteiger partial charge is 0.272 e. The van der Waals surface area contributed by atoms with Crippen molar-refractivity contribution >= 4 is 28.6 Å². The summed E-state index contributed by atoms with van der Waals surface area (Å²) in [6, 6.07) is 12.1. The quantitative estimate of drug-likeness (QED) is 0.261. The molecule has 4 aromatic rings. The number of nitrogens with one attached hydrogen (secondary N) is 1. The standard InChI is InChI=1S/C32H35FN6O3S2/c1-31(2,3)44(41)37-32(10-5-11-32)20-12-24(19-6-8-21(33)9-7-19)35-28(13-20)42-29-22-15-39(16-23(22)29)30(40)27-14-25(36-38(27)4)26-17-43-18-34-26/h6-9,12-14,17-18,22-23,29,37H,5,10-11,15-16H2,1-4H3/t22-,23+,29?,44?. The maximum Gasteiger partial charge on any atom is 0.272 e. The van der Waals surface area contributed by atoms with Crippen molar-refractivity contribution in [2.75, 3.05) is 13.1 Å². The number of likely N-dealkylation sites (tertiary alicyclic amines) is 1. The summed E-state index contributed by atoms with van der Waals surface area (Å²) in [5, 5.41) is 6.41. The van der Waals surface area contributed by atoms with Crippen molar-refractivity contribution in [2.24, 2.45) is 18.9 Å². The molecular weight excluding hydrogens is 600 g/mol. The highest BCUT2D eigenvalue weighted by Crippen LogP contribution is 2.49. The molecule has 1 aromatic carbocycles. The Morgan fingerprint density at radius 3 is 2.45 bits per heavy atom. The lowest BCUT2D eigenvalue weighted by molar-refractivity contribution is 0.0740. The highest BCUT2D eigenvalue weighted by Gasteiger charge is 2.59. The van der Waals surface area contributed by atoms with Gasteiger partial charge in [-0.3, -0.25) is 9.48 Å². The van der Waals surface area contributed by atoms with Crippen LogP contribution in [0, 0.1) is 17.7 Å². The van der Waals surface area contributed by atoms with Gasteiger partial charge in [0.1, 0.15) is 33.7 Å². The zero-order valence-corrected chi connectivity index (χ0v) is 26.8. The Bertz CT molecular complexity index is 1670. The molecule has 2 unspecified atom stereocenters. The van der Waals surface area contributed by atoms with Gasteiger partial charge in [0, 0.05) is 60.3 Å². The van der Waals surface area contributed by atoms with Crippen LogP contribution in [0.3, 0.4) is 0 Å². The SMILES string of the molecule is Cn1nc(-c2cscn2)cc1C(=O)N1C[C@@H]2C(Oc3cc(C4(N[S+]([O-])C(C)(C)C)CCC4)cc(-c4ccc(F)cc4)n3)[C@@H]2C1. The molecular formula is C32H35FN6O3S2. The van der Waals surface area contributed by atoms with E-state index in [-0.39, 0.29) is 29.7 Å². The third-order valence-electron chi connectivity index (χ3n) is 9.00. The number of hydrogen-bond donors (Lipinski definition) is 1. The second-order valence-electron chi connectivity index (χ2n) is 13.0. The molecule has 12 heteroatoms. The third kappa shape index (κ3) is 5.42. The van der Waals surface area contributed by atoms with E-state index >= 15 is 0 Å². The zero-order valence-electron chi connectivity index (χ0n) is 25.1. The Morgan fingerprint density at radius 2 is 1.84 bits per heavy atom. The van der Waals surface area contributed by atoms with Gasteiger partial charge in [0.15, 0.2) is 0 Å². The van der Waals surface area contributed by atoms with Gasteiger partial charge in [0.25, 0.3) is 5.91 Å². The minimum atomic E-state index is -1.26. The molecule has 2 aliphatic carbocycles. The predicted molar refractivity (Wildman–Crippen MR) is 168 cm³/mol. The number of aromatic nitrogens is 4. The lowest BCUT2D eigenvalue weighted by Crippen LogP contribution is -2.55. The number of pyridine rings is 1. The number of hydrogen-bond acceptors (Lipinski definition) is 8. The number of benzene rings is 1. The van der Waals surface area contributed by atoms with Crippen LogP contribution in [-0.4, -0.2) is 59.0 Å². The summed E-state index contributed by atoms with van der Waals surface area (Å²) in [5.74, 6) is 0.571. The summed E-state index contributed by atoms with van der Waals surface area (Å²) >= 11 is 0.233. The number of carbonyl (C=O) groups is 1. The minimum Gasteiger partial charge on any atom is -0.598 e. The largest absolute Gasteiger partial charge is 0.598 e. The maximum absolute atomic E-state index is 13.7. The van der Waals surface area contributed by atoms with Gasteiger partial charge >= 0.3 is 0 Å². The van der Waals surface area contributed by atoms with Crippen LogP contribution in [0.2, 0.25) is 0 Å². The molecule has 1 amide bonds. The fraction of sp³-hybridized carbons (Fsp3) is 0.438. The monoisotopic (exact) mass is 634 g/mol. The van der Waals surface area contributed by atoms with Gasteiger partial charge in [-0.25, -0.2) is 14.4 Å². The number of aryl methyl sites for hydroxylation is 1. The summed E-state index contributed by atoms with van der Waals surface area (Å²) in [6.07, 6.45) is 2.68. The molecule has 9 nitrogen and oxygen atoms in total. The molecule has 1 saturated heterocycles. The van der Waals surface area contributed by atoms with E-state index in [1.165, 1.54) is 23.5 Å². The Balaban J connectivity index is 1.10. The summed E-state index contributed by atoms with van der Waals surface area (Å²) in [6.45, 7) is 7.09. The van der Waals surface area contributed by atoms with Crippen LogP contribution in [-0.2, 0) is 23.9 Å². The first-order valence-corrected chi connectivity index (χ1v) is 17.0. The van der Waals surface area contributed by atoms with Gasteiger partial charge in [-0.1, -0.05) is 0 Å². The van der Waals surface area contributed by atoms with Crippen molar-refractivity contribution in [1.29, 1.82) is 0 Å². The van der Waals surface area contributed by atoms with E-state index in [0.29, 0.717) is 36.1 Å². The van der Waals surface area contributed by atoms with Crippen molar-refractivity contribution in [2.45, 2.75) is 56.4 Å². The van der Waals surface area contributed by atoms with Crippen LogP contribution in [0.25, 0.3) is 22.6 Å². The molecule has 3 aromatic heterocycles. The van der Waals surface area contributed by atoms with Crippen LogP contribution >= 0.6 is 11.3 Å². The minimum absolute atomic E-state index is 0.0454. The van der Waals surface area contributed by atoms with Crippen LogP contribution in [0.1, 0.15) is 56.1 Å². The van der Waals surface area contributed by atoms with Crippen molar-refractivity contribution in [3.8, 4) is 28.5 Å². The highest BCUT2D eigenvalue weighted by atomic mass is 32.2. The molecule has 1 N–H and O–H groups in total.